The van der Waals surface area contributed by atoms with Crippen LogP contribution < -0.4 is 10.9 Å². The molecule has 1 unspecified atom stereocenters. The molecule has 1 rings (SSSR count). The predicted molar refractivity (Wildman–Crippen MR) is 54.0 cm³/mol. The van der Waals surface area contributed by atoms with Crippen molar-refractivity contribution in [1.82, 2.24) is 10.9 Å². The Kier molecular flexibility index (Phi) is 5.72. The van der Waals surface area contributed by atoms with Gasteiger partial charge in [0.15, 0.2) is 0 Å². The molecule has 0 amide bonds. The second kappa shape index (κ2) is 6.00. The van der Waals surface area contributed by atoms with Gasteiger partial charge in [-0.15, -0.1) is 0 Å². The summed E-state index contributed by atoms with van der Waals surface area (Å²) in [4.78, 5) is 4.40. The van der Waals surface area contributed by atoms with E-state index < -0.39 is 0 Å². The molecule has 2 N–H and O–H groups in total. The first-order valence-corrected chi connectivity index (χ1v) is 4.82. The molecule has 0 radical (unpaired) electrons. The van der Waals surface area contributed by atoms with Crippen molar-refractivity contribution in [2.75, 3.05) is 0 Å². The molecule has 1 atom stereocenters. The molecule has 1 heterocycles. The minimum Gasteiger partial charge on any atom is -0.308 e. The molecular weight excluding hydrogens is 150 g/mol. The molecular formula is C9H21N3. The van der Waals surface area contributed by atoms with Crippen LogP contribution >= 0.6 is 0 Å². The Hall–Kier alpha value is -0.570. The molecule has 0 fully saturated rings. The van der Waals surface area contributed by atoms with Crippen molar-refractivity contribution in [3.8, 4) is 0 Å². The predicted octanol–water partition coefficient (Wildman–Crippen LogP) is 1.91. The van der Waals surface area contributed by atoms with Gasteiger partial charge in [-0.3, -0.25) is 4.99 Å². The fraction of sp³-hybridized carbons (Fsp3) is 0.889. The highest BCUT2D eigenvalue weighted by molar-refractivity contribution is 5.82. The van der Waals surface area contributed by atoms with Gasteiger partial charge < -0.3 is 5.43 Å². The number of rotatable bonds is 2. The maximum Gasteiger partial charge on any atom is 0.120 e. The number of hydrazine groups is 1. The van der Waals surface area contributed by atoms with Crippen LogP contribution in [0.3, 0.4) is 0 Å². The number of hydrogen-bond donors (Lipinski definition) is 2. The third-order valence-electron chi connectivity index (χ3n) is 1.63. The Balaban J connectivity index is 0.000000561. The van der Waals surface area contributed by atoms with E-state index in [4.69, 9.17) is 0 Å². The van der Waals surface area contributed by atoms with E-state index in [1.807, 2.05) is 13.8 Å². The van der Waals surface area contributed by atoms with Crippen molar-refractivity contribution < 1.29 is 0 Å². The fourth-order valence-electron chi connectivity index (χ4n) is 0.885. The molecule has 0 aliphatic carbocycles. The monoisotopic (exact) mass is 171 g/mol. The summed E-state index contributed by atoms with van der Waals surface area (Å²) in [7, 11) is 0. The van der Waals surface area contributed by atoms with E-state index in [1.165, 1.54) is 0 Å². The summed E-state index contributed by atoms with van der Waals surface area (Å²) in [5.74, 6) is 1.63. The third-order valence-corrected chi connectivity index (χ3v) is 1.63. The Morgan fingerprint density at radius 1 is 1.42 bits per heavy atom. The van der Waals surface area contributed by atoms with Crippen molar-refractivity contribution >= 4 is 5.84 Å². The van der Waals surface area contributed by atoms with Crippen LogP contribution in [-0.2, 0) is 0 Å². The SMILES string of the molecule is CC.CCC1=NC(C(C)C)NN1. The van der Waals surface area contributed by atoms with Crippen LogP contribution in [0.4, 0.5) is 0 Å². The van der Waals surface area contributed by atoms with Gasteiger partial charge >= 0.3 is 0 Å². The van der Waals surface area contributed by atoms with E-state index >= 15 is 0 Å². The largest absolute Gasteiger partial charge is 0.308 e. The van der Waals surface area contributed by atoms with Crippen molar-refractivity contribution in [3.63, 3.8) is 0 Å². The van der Waals surface area contributed by atoms with Gasteiger partial charge in [-0.05, 0) is 5.92 Å². The number of nitrogens with zero attached hydrogens (tertiary/aromatic N) is 1. The normalized spacial score (nSPS) is 21.2. The van der Waals surface area contributed by atoms with Gasteiger partial charge in [0.1, 0.15) is 12.0 Å². The lowest BCUT2D eigenvalue weighted by Gasteiger charge is -2.09. The van der Waals surface area contributed by atoms with Crippen molar-refractivity contribution in [2.24, 2.45) is 10.9 Å². The van der Waals surface area contributed by atoms with Crippen LogP contribution in [0.15, 0.2) is 4.99 Å². The quantitative estimate of drug-likeness (QED) is 0.666. The molecule has 0 aromatic rings. The average molecular weight is 171 g/mol. The van der Waals surface area contributed by atoms with Gasteiger partial charge in [0.05, 0.1) is 0 Å². The van der Waals surface area contributed by atoms with Crippen LogP contribution in [0.1, 0.15) is 41.0 Å². The number of hydrogen-bond acceptors (Lipinski definition) is 3. The summed E-state index contributed by atoms with van der Waals surface area (Å²) in [5.41, 5.74) is 6.14. The van der Waals surface area contributed by atoms with Crippen LogP contribution in [0.2, 0.25) is 0 Å². The van der Waals surface area contributed by atoms with E-state index in [0.717, 1.165) is 12.3 Å². The maximum atomic E-state index is 4.40. The third kappa shape index (κ3) is 3.22. The summed E-state index contributed by atoms with van der Waals surface area (Å²) in [6, 6.07) is 0. The summed E-state index contributed by atoms with van der Waals surface area (Å²) in [6.07, 6.45) is 1.26. The Bertz CT molecular complexity index is 141. The van der Waals surface area contributed by atoms with Crippen molar-refractivity contribution in [1.29, 1.82) is 0 Å². The number of nitrogens with one attached hydrogen (secondary N) is 2. The van der Waals surface area contributed by atoms with Gasteiger partial charge in [0.25, 0.3) is 0 Å². The highest BCUT2D eigenvalue weighted by atomic mass is 15.5. The second-order valence-electron chi connectivity index (χ2n) is 2.89. The Morgan fingerprint density at radius 2 is 2.00 bits per heavy atom. The van der Waals surface area contributed by atoms with Crippen LogP contribution in [0, 0.1) is 5.92 Å². The zero-order valence-electron chi connectivity index (χ0n) is 8.81. The molecule has 3 nitrogen and oxygen atoms in total. The van der Waals surface area contributed by atoms with Gasteiger partial charge in [-0.1, -0.05) is 34.6 Å². The lowest BCUT2D eigenvalue weighted by molar-refractivity contribution is 0.424. The molecule has 12 heavy (non-hydrogen) atoms. The number of amidine groups is 1. The van der Waals surface area contributed by atoms with E-state index in [9.17, 15) is 0 Å². The van der Waals surface area contributed by atoms with Crippen molar-refractivity contribution in [3.05, 3.63) is 0 Å². The minimum atomic E-state index is 0.273. The van der Waals surface area contributed by atoms with Crippen LogP contribution in [-0.4, -0.2) is 12.0 Å². The molecule has 0 saturated carbocycles. The molecule has 0 saturated heterocycles. The van der Waals surface area contributed by atoms with Crippen molar-refractivity contribution in [2.45, 2.75) is 47.2 Å². The second-order valence-corrected chi connectivity index (χ2v) is 2.89. The molecule has 0 aromatic carbocycles. The molecule has 0 aromatic heterocycles. The first-order valence-electron chi connectivity index (χ1n) is 4.82. The molecule has 1 aliphatic rings. The summed E-state index contributed by atoms with van der Waals surface area (Å²) >= 11 is 0. The molecule has 3 heteroatoms. The smallest absolute Gasteiger partial charge is 0.120 e. The number of aliphatic imine (C=N–C) groups is 1. The lowest BCUT2D eigenvalue weighted by Crippen LogP contribution is -2.37. The molecule has 0 spiro atoms. The van der Waals surface area contributed by atoms with E-state index in [-0.39, 0.29) is 6.17 Å². The topological polar surface area (TPSA) is 36.4 Å². The van der Waals surface area contributed by atoms with Gasteiger partial charge in [0, 0.05) is 6.42 Å². The summed E-state index contributed by atoms with van der Waals surface area (Å²) in [6.45, 7) is 10.4. The van der Waals surface area contributed by atoms with E-state index in [1.54, 1.807) is 0 Å². The summed E-state index contributed by atoms with van der Waals surface area (Å²) in [5, 5.41) is 0. The average Bonchev–Trinajstić information content (AvgIpc) is 2.55. The van der Waals surface area contributed by atoms with E-state index in [0.29, 0.717) is 5.92 Å². The van der Waals surface area contributed by atoms with Crippen LogP contribution in [0.25, 0.3) is 0 Å². The first kappa shape index (κ1) is 11.4. The van der Waals surface area contributed by atoms with Crippen LogP contribution in [0.5, 0.6) is 0 Å². The van der Waals surface area contributed by atoms with E-state index in [2.05, 4.69) is 36.6 Å². The minimum absolute atomic E-state index is 0.273. The zero-order valence-corrected chi connectivity index (χ0v) is 8.81. The molecule has 1 aliphatic heterocycles. The Labute approximate surface area is 75.6 Å². The Morgan fingerprint density at radius 3 is 2.25 bits per heavy atom. The van der Waals surface area contributed by atoms with Gasteiger partial charge in [0.2, 0.25) is 0 Å². The highest BCUT2D eigenvalue weighted by Crippen LogP contribution is 2.06. The van der Waals surface area contributed by atoms with Gasteiger partial charge in [-0.2, -0.15) is 0 Å². The fourth-order valence-corrected chi connectivity index (χ4v) is 0.885. The summed E-state index contributed by atoms with van der Waals surface area (Å²) < 4.78 is 0. The maximum absolute atomic E-state index is 4.40. The molecule has 0 bridgehead atoms. The lowest BCUT2D eigenvalue weighted by atomic mass is 10.2. The highest BCUT2D eigenvalue weighted by Gasteiger charge is 2.16. The zero-order chi connectivity index (χ0) is 9.56. The van der Waals surface area contributed by atoms with Gasteiger partial charge in [-0.25, -0.2) is 5.43 Å². The first-order chi connectivity index (χ1) is 5.74. The molecule has 72 valence electrons. The standard InChI is InChI=1S/C7H15N3.C2H6/c1-4-6-8-7(5(2)3)10-9-6;1-2/h5,7,10H,4H2,1-3H3,(H,8,9);1-2H3.